The van der Waals surface area contributed by atoms with Crippen molar-refractivity contribution in [2.24, 2.45) is 0 Å². The number of carbonyl (C=O) groups excluding carboxylic acids is 1. The molecule has 120 valence electrons. The number of anilines is 1. The van der Waals surface area contributed by atoms with Gasteiger partial charge in [0.15, 0.2) is 5.13 Å². The summed E-state index contributed by atoms with van der Waals surface area (Å²) in [5, 5.41) is 5.54. The van der Waals surface area contributed by atoms with E-state index in [-0.39, 0.29) is 11.8 Å². The summed E-state index contributed by atoms with van der Waals surface area (Å²) >= 11 is 1.44. The predicted octanol–water partition coefficient (Wildman–Crippen LogP) is 4.31. The topological polar surface area (TPSA) is 51.2 Å². The van der Waals surface area contributed by atoms with Crippen molar-refractivity contribution in [3.63, 3.8) is 0 Å². The zero-order valence-corrected chi connectivity index (χ0v) is 13.8. The highest BCUT2D eigenvalue weighted by atomic mass is 32.1. The Labute approximate surface area is 144 Å². The van der Waals surface area contributed by atoms with Gasteiger partial charge in [-0.05, 0) is 12.5 Å². The Morgan fingerprint density at radius 1 is 1.12 bits per heavy atom. The van der Waals surface area contributed by atoms with E-state index in [1.165, 1.54) is 11.3 Å². The second kappa shape index (κ2) is 6.45. The molecule has 3 aromatic rings. The number of nitrogens with one attached hydrogen (secondary N) is 1. The lowest BCUT2D eigenvalue weighted by Crippen LogP contribution is -2.26. The third-order valence-corrected chi connectivity index (χ3v) is 4.84. The second-order valence-corrected chi connectivity index (χ2v) is 6.48. The van der Waals surface area contributed by atoms with Gasteiger partial charge in [0, 0.05) is 16.5 Å². The van der Waals surface area contributed by atoms with Crippen LogP contribution in [0.1, 0.15) is 17.9 Å². The van der Waals surface area contributed by atoms with Crippen molar-refractivity contribution in [1.82, 2.24) is 4.98 Å². The van der Waals surface area contributed by atoms with Crippen LogP contribution in [-0.2, 0) is 4.79 Å². The highest BCUT2D eigenvalue weighted by Gasteiger charge is 2.27. The number of aromatic nitrogens is 1. The molecule has 1 aliphatic heterocycles. The highest BCUT2D eigenvalue weighted by molar-refractivity contribution is 7.14. The maximum absolute atomic E-state index is 12.7. The van der Waals surface area contributed by atoms with Gasteiger partial charge in [-0.25, -0.2) is 4.98 Å². The molecule has 0 fully saturated rings. The maximum atomic E-state index is 12.7. The number of nitrogens with zero attached hydrogens (tertiary/aromatic N) is 1. The van der Waals surface area contributed by atoms with E-state index in [0.717, 1.165) is 22.6 Å². The van der Waals surface area contributed by atoms with Gasteiger partial charge in [-0.1, -0.05) is 48.5 Å². The first-order chi connectivity index (χ1) is 11.8. The van der Waals surface area contributed by atoms with E-state index in [9.17, 15) is 4.79 Å². The van der Waals surface area contributed by atoms with Crippen molar-refractivity contribution in [3.05, 3.63) is 65.5 Å². The first kappa shape index (κ1) is 14.9. The van der Waals surface area contributed by atoms with E-state index in [2.05, 4.69) is 10.3 Å². The van der Waals surface area contributed by atoms with Crippen molar-refractivity contribution in [1.29, 1.82) is 0 Å². The number of rotatable bonds is 3. The highest BCUT2D eigenvalue weighted by Crippen LogP contribution is 2.34. The smallest absolute Gasteiger partial charge is 0.233 e. The van der Waals surface area contributed by atoms with Crippen LogP contribution in [-0.4, -0.2) is 17.5 Å². The SMILES string of the molecule is O=C(Nc1nc(-c2ccccc2)cs1)[C@H]1CCOc2ccccc21. The monoisotopic (exact) mass is 336 g/mol. The zero-order chi connectivity index (χ0) is 16.4. The number of fused-ring (bicyclic) bond motifs is 1. The van der Waals surface area contributed by atoms with Gasteiger partial charge >= 0.3 is 0 Å². The van der Waals surface area contributed by atoms with Crippen molar-refractivity contribution >= 4 is 22.4 Å². The lowest BCUT2D eigenvalue weighted by Gasteiger charge is -2.24. The summed E-state index contributed by atoms with van der Waals surface area (Å²) in [7, 11) is 0. The number of hydrogen-bond acceptors (Lipinski definition) is 4. The van der Waals surface area contributed by atoms with Gasteiger partial charge in [-0.2, -0.15) is 0 Å². The Bertz CT molecular complexity index is 861. The normalized spacial score (nSPS) is 16.1. The van der Waals surface area contributed by atoms with Crippen molar-refractivity contribution in [2.45, 2.75) is 12.3 Å². The molecule has 4 rings (SSSR count). The van der Waals surface area contributed by atoms with E-state index in [1.807, 2.05) is 60.0 Å². The first-order valence-electron chi connectivity index (χ1n) is 7.85. The number of hydrogen-bond donors (Lipinski definition) is 1. The largest absolute Gasteiger partial charge is 0.493 e. The Balaban J connectivity index is 1.53. The van der Waals surface area contributed by atoms with Crippen LogP contribution in [0.2, 0.25) is 0 Å². The van der Waals surface area contributed by atoms with Gasteiger partial charge in [0.25, 0.3) is 0 Å². The van der Waals surface area contributed by atoms with E-state index in [1.54, 1.807) is 0 Å². The van der Waals surface area contributed by atoms with Crippen molar-refractivity contribution < 1.29 is 9.53 Å². The van der Waals surface area contributed by atoms with Gasteiger partial charge in [0.1, 0.15) is 5.75 Å². The zero-order valence-electron chi connectivity index (χ0n) is 12.9. The molecular formula is C19H16N2O2S. The van der Waals surface area contributed by atoms with Crippen molar-refractivity contribution in [2.75, 3.05) is 11.9 Å². The minimum atomic E-state index is -0.195. The molecule has 0 bridgehead atoms. The number of benzene rings is 2. The summed E-state index contributed by atoms with van der Waals surface area (Å²) in [6, 6.07) is 17.7. The van der Waals surface area contributed by atoms with Gasteiger partial charge in [-0.15, -0.1) is 11.3 Å². The summed E-state index contributed by atoms with van der Waals surface area (Å²) in [5.74, 6) is 0.576. The summed E-state index contributed by atoms with van der Waals surface area (Å²) in [6.45, 7) is 0.558. The number of amides is 1. The van der Waals surface area contributed by atoms with E-state index < -0.39 is 0 Å². The minimum Gasteiger partial charge on any atom is -0.493 e. The Morgan fingerprint density at radius 2 is 1.92 bits per heavy atom. The van der Waals surface area contributed by atoms with E-state index in [4.69, 9.17) is 4.74 Å². The molecule has 1 amide bonds. The lowest BCUT2D eigenvalue weighted by atomic mass is 9.92. The summed E-state index contributed by atoms with van der Waals surface area (Å²) < 4.78 is 5.62. The number of para-hydroxylation sites is 1. The van der Waals surface area contributed by atoms with Crippen LogP contribution < -0.4 is 10.1 Å². The fourth-order valence-corrected chi connectivity index (χ4v) is 3.60. The average molecular weight is 336 g/mol. The Hall–Kier alpha value is -2.66. The Morgan fingerprint density at radius 3 is 2.79 bits per heavy atom. The fourth-order valence-electron chi connectivity index (χ4n) is 2.88. The van der Waals surface area contributed by atoms with Crippen molar-refractivity contribution in [3.8, 4) is 17.0 Å². The van der Waals surface area contributed by atoms with Gasteiger partial charge in [0.2, 0.25) is 5.91 Å². The molecule has 0 saturated carbocycles. The lowest BCUT2D eigenvalue weighted by molar-refractivity contribution is -0.118. The molecule has 5 heteroatoms. The predicted molar refractivity (Wildman–Crippen MR) is 95.5 cm³/mol. The maximum Gasteiger partial charge on any atom is 0.233 e. The minimum absolute atomic E-state index is 0.0280. The third-order valence-electron chi connectivity index (χ3n) is 4.08. The molecule has 2 aromatic carbocycles. The van der Waals surface area contributed by atoms with Crippen LogP contribution in [0.25, 0.3) is 11.3 Å². The van der Waals surface area contributed by atoms with Crippen LogP contribution in [0.3, 0.4) is 0 Å². The summed E-state index contributed by atoms with van der Waals surface area (Å²) in [4.78, 5) is 17.2. The van der Waals surface area contributed by atoms with Gasteiger partial charge in [-0.3, -0.25) is 4.79 Å². The molecule has 0 spiro atoms. The standard InChI is InChI=1S/C19H16N2O2S/c22-18(15-10-11-23-17-9-5-4-8-14(15)17)21-19-20-16(12-24-19)13-6-2-1-3-7-13/h1-9,12,15H,10-11H2,(H,20,21,22)/t15-/m0/s1. The van der Waals surface area contributed by atoms with Gasteiger partial charge < -0.3 is 10.1 Å². The molecule has 1 N–H and O–H groups in total. The molecule has 1 aromatic heterocycles. The van der Waals surface area contributed by atoms with Crippen LogP contribution in [0.4, 0.5) is 5.13 Å². The first-order valence-corrected chi connectivity index (χ1v) is 8.73. The molecule has 0 aliphatic carbocycles. The number of thiazole rings is 1. The molecule has 0 unspecified atom stereocenters. The Kier molecular flexibility index (Phi) is 4.01. The third kappa shape index (κ3) is 2.90. The van der Waals surface area contributed by atoms with Crippen LogP contribution in [0.5, 0.6) is 5.75 Å². The molecule has 4 nitrogen and oxygen atoms in total. The quantitative estimate of drug-likeness (QED) is 0.775. The molecule has 1 aliphatic rings. The van der Waals surface area contributed by atoms with E-state index >= 15 is 0 Å². The van der Waals surface area contributed by atoms with Crippen LogP contribution in [0, 0.1) is 0 Å². The fraction of sp³-hybridized carbons (Fsp3) is 0.158. The molecule has 24 heavy (non-hydrogen) atoms. The average Bonchev–Trinajstić information content (AvgIpc) is 3.10. The molecule has 0 radical (unpaired) electrons. The summed E-state index contributed by atoms with van der Waals surface area (Å²) in [6.07, 6.45) is 0.680. The molecule has 0 saturated heterocycles. The summed E-state index contributed by atoms with van der Waals surface area (Å²) in [5.41, 5.74) is 2.87. The van der Waals surface area contributed by atoms with Crippen LogP contribution in [0.15, 0.2) is 60.0 Å². The molecule has 2 heterocycles. The molecular weight excluding hydrogens is 320 g/mol. The number of carbonyl (C=O) groups is 1. The van der Waals surface area contributed by atoms with Gasteiger partial charge in [0.05, 0.1) is 18.2 Å². The van der Waals surface area contributed by atoms with Crippen LogP contribution >= 0.6 is 11.3 Å². The second-order valence-electron chi connectivity index (χ2n) is 5.62. The van der Waals surface area contributed by atoms with E-state index in [0.29, 0.717) is 18.2 Å². The molecule has 1 atom stereocenters. The number of ether oxygens (including phenoxy) is 1.